The lowest BCUT2D eigenvalue weighted by molar-refractivity contribution is 0.366. The van der Waals surface area contributed by atoms with Gasteiger partial charge < -0.3 is 11.1 Å². The summed E-state index contributed by atoms with van der Waals surface area (Å²) >= 11 is 0. The van der Waals surface area contributed by atoms with Crippen LogP contribution in [0.2, 0.25) is 0 Å². The molecule has 0 aromatic rings. The standard InChI is InChI=1S/C7H15N.C6H15N.C3H8/c8-6-7-4-2-1-3-5-7;1-5-7-6(2,3)4;1-3-2/h7H,1-6,8H2;7H,5H2,1-4H3;3H2,1-2H3. The van der Waals surface area contributed by atoms with Crippen molar-refractivity contribution in [2.75, 3.05) is 13.1 Å². The SMILES string of the molecule is CCC.CCNC(C)(C)C.NCC1CCCCC1. The monoisotopic (exact) mass is 258 g/mol. The smallest absolute Gasteiger partial charge is 0.00963 e. The first-order valence-electron chi connectivity index (χ1n) is 7.86. The van der Waals surface area contributed by atoms with E-state index in [0.717, 1.165) is 19.0 Å². The molecule has 2 heteroatoms. The second-order valence-corrected chi connectivity index (χ2v) is 6.23. The minimum Gasteiger partial charge on any atom is -0.330 e. The summed E-state index contributed by atoms with van der Waals surface area (Å²) in [7, 11) is 0. The molecule has 0 heterocycles. The van der Waals surface area contributed by atoms with Crippen molar-refractivity contribution in [2.45, 2.75) is 85.6 Å². The molecule has 0 unspecified atom stereocenters. The molecule has 3 N–H and O–H groups in total. The van der Waals surface area contributed by atoms with Crippen LogP contribution in [0.15, 0.2) is 0 Å². The zero-order chi connectivity index (χ0) is 14.4. The third-order valence-electron chi connectivity index (χ3n) is 2.77. The van der Waals surface area contributed by atoms with Crippen molar-refractivity contribution >= 4 is 0 Å². The van der Waals surface area contributed by atoms with Crippen molar-refractivity contribution < 1.29 is 0 Å². The summed E-state index contributed by atoms with van der Waals surface area (Å²) in [6.45, 7) is 14.8. The highest BCUT2D eigenvalue weighted by Gasteiger charge is 2.09. The summed E-state index contributed by atoms with van der Waals surface area (Å²) in [5.41, 5.74) is 5.80. The lowest BCUT2D eigenvalue weighted by Crippen LogP contribution is -2.35. The highest BCUT2D eigenvalue weighted by Crippen LogP contribution is 2.21. The molecule has 18 heavy (non-hydrogen) atoms. The first-order valence-corrected chi connectivity index (χ1v) is 7.86. The van der Waals surface area contributed by atoms with Gasteiger partial charge in [0, 0.05) is 5.54 Å². The molecule has 0 bridgehead atoms. The van der Waals surface area contributed by atoms with E-state index in [-0.39, 0.29) is 0 Å². The number of rotatable bonds is 2. The topological polar surface area (TPSA) is 38.0 Å². The lowest BCUT2D eigenvalue weighted by atomic mass is 9.90. The molecular formula is C16H38N2. The van der Waals surface area contributed by atoms with E-state index in [1.165, 1.54) is 38.5 Å². The normalized spacial score (nSPS) is 16.2. The maximum Gasteiger partial charge on any atom is 0.00963 e. The summed E-state index contributed by atoms with van der Waals surface area (Å²) in [5.74, 6) is 0.865. The second kappa shape index (κ2) is 13.4. The summed E-state index contributed by atoms with van der Waals surface area (Å²) in [5, 5.41) is 3.28. The van der Waals surface area contributed by atoms with Crippen LogP contribution in [0.3, 0.4) is 0 Å². The average molecular weight is 258 g/mol. The molecule has 1 fully saturated rings. The van der Waals surface area contributed by atoms with E-state index in [0.29, 0.717) is 5.54 Å². The molecule has 0 amide bonds. The molecule has 0 atom stereocenters. The van der Waals surface area contributed by atoms with Crippen molar-refractivity contribution in [3.8, 4) is 0 Å². The van der Waals surface area contributed by atoms with Gasteiger partial charge in [-0.15, -0.1) is 0 Å². The van der Waals surface area contributed by atoms with E-state index in [9.17, 15) is 0 Å². The highest BCUT2D eigenvalue weighted by atomic mass is 14.9. The number of hydrogen-bond donors (Lipinski definition) is 2. The van der Waals surface area contributed by atoms with Crippen LogP contribution < -0.4 is 11.1 Å². The van der Waals surface area contributed by atoms with Crippen LogP contribution in [0.1, 0.15) is 80.1 Å². The Morgan fingerprint density at radius 2 is 1.44 bits per heavy atom. The Kier molecular flexibility index (Phi) is 15.0. The molecule has 0 radical (unpaired) electrons. The molecule has 0 saturated heterocycles. The lowest BCUT2D eigenvalue weighted by Gasteiger charge is -2.18. The van der Waals surface area contributed by atoms with Gasteiger partial charge in [-0.2, -0.15) is 0 Å². The summed E-state index contributed by atoms with van der Waals surface area (Å²) < 4.78 is 0. The van der Waals surface area contributed by atoms with E-state index < -0.39 is 0 Å². The molecule has 2 nitrogen and oxygen atoms in total. The third-order valence-corrected chi connectivity index (χ3v) is 2.77. The van der Waals surface area contributed by atoms with Gasteiger partial charge in [0.15, 0.2) is 0 Å². The van der Waals surface area contributed by atoms with Gasteiger partial charge in [0.25, 0.3) is 0 Å². The van der Waals surface area contributed by atoms with Crippen molar-refractivity contribution in [2.24, 2.45) is 11.7 Å². The van der Waals surface area contributed by atoms with Gasteiger partial charge in [-0.1, -0.05) is 46.5 Å². The van der Waals surface area contributed by atoms with E-state index in [1.807, 2.05) is 0 Å². The van der Waals surface area contributed by atoms with Crippen LogP contribution in [0.5, 0.6) is 0 Å². The Hall–Kier alpha value is -0.0800. The van der Waals surface area contributed by atoms with E-state index in [1.54, 1.807) is 0 Å². The van der Waals surface area contributed by atoms with E-state index in [4.69, 9.17) is 5.73 Å². The van der Waals surface area contributed by atoms with Gasteiger partial charge in [0.05, 0.1) is 0 Å². The number of hydrogen-bond acceptors (Lipinski definition) is 2. The average Bonchev–Trinajstić information content (AvgIpc) is 2.30. The maximum atomic E-state index is 5.50. The Balaban J connectivity index is 0. The number of nitrogens with two attached hydrogens (primary N) is 1. The van der Waals surface area contributed by atoms with Crippen molar-refractivity contribution in [1.29, 1.82) is 0 Å². The number of nitrogens with one attached hydrogen (secondary N) is 1. The van der Waals surface area contributed by atoms with Crippen LogP contribution in [-0.2, 0) is 0 Å². The highest BCUT2D eigenvalue weighted by molar-refractivity contribution is 4.67. The van der Waals surface area contributed by atoms with Crippen molar-refractivity contribution in [3.63, 3.8) is 0 Å². The van der Waals surface area contributed by atoms with Crippen LogP contribution in [0.25, 0.3) is 0 Å². The Morgan fingerprint density at radius 3 is 1.61 bits per heavy atom. The van der Waals surface area contributed by atoms with Crippen LogP contribution in [0.4, 0.5) is 0 Å². The first-order chi connectivity index (χ1) is 8.41. The molecule has 1 saturated carbocycles. The molecule has 0 spiro atoms. The van der Waals surface area contributed by atoms with Gasteiger partial charge in [0.2, 0.25) is 0 Å². The second-order valence-electron chi connectivity index (χ2n) is 6.23. The quantitative estimate of drug-likeness (QED) is 0.773. The van der Waals surface area contributed by atoms with E-state index in [2.05, 4.69) is 46.9 Å². The molecule has 1 aliphatic carbocycles. The molecule has 112 valence electrons. The Morgan fingerprint density at radius 1 is 1.00 bits per heavy atom. The summed E-state index contributed by atoms with van der Waals surface area (Å²) in [6.07, 6.45) is 8.30. The predicted octanol–water partition coefficient (Wildman–Crippen LogP) is 4.34. The Bertz CT molecular complexity index is 144. The van der Waals surface area contributed by atoms with Gasteiger partial charge in [-0.25, -0.2) is 0 Å². The predicted molar refractivity (Wildman–Crippen MR) is 85.0 cm³/mol. The fourth-order valence-electron chi connectivity index (χ4n) is 1.95. The molecule has 1 aliphatic rings. The third kappa shape index (κ3) is 18.3. The van der Waals surface area contributed by atoms with E-state index >= 15 is 0 Å². The maximum absolute atomic E-state index is 5.50. The zero-order valence-corrected chi connectivity index (χ0v) is 13.8. The van der Waals surface area contributed by atoms with Gasteiger partial charge >= 0.3 is 0 Å². The van der Waals surface area contributed by atoms with Crippen LogP contribution in [-0.4, -0.2) is 18.6 Å². The minimum absolute atomic E-state index is 0.300. The van der Waals surface area contributed by atoms with Crippen LogP contribution in [0, 0.1) is 5.92 Å². The molecule has 0 aromatic heterocycles. The van der Waals surface area contributed by atoms with Gasteiger partial charge in [0.1, 0.15) is 0 Å². The van der Waals surface area contributed by atoms with Crippen LogP contribution >= 0.6 is 0 Å². The fourth-order valence-corrected chi connectivity index (χ4v) is 1.95. The molecule has 0 aliphatic heterocycles. The molecular weight excluding hydrogens is 220 g/mol. The zero-order valence-electron chi connectivity index (χ0n) is 13.8. The fraction of sp³-hybridized carbons (Fsp3) is 1.00. The van der Waals surface area contributed by atoms with Crippen molar-refractivity contribution in [3.05, 3.63) is 0 Å². The summed E-state index contributed by atoms with van der Waals surface area (Å²) in [6, 6.07) is 0. The molecule has 0 aromatic carbocycles. The Labute approximate surface area is 116 Å². The minimum atomic E-state index is 0.300. The van der Waals surface area contributed by atoms with Gasteiger partial charge in [-0.05, 0) is 52.6 Å². The first kappa shape index (κ1) is 20.2. The molecule has 1 rings (SSSR count). The largest absolute Gasteiger partial charge is 0.330 e. The van der Waals surface area contributed by atoms with Crippen molar-refractivity contribution in [1.82, 2.24) is 5.32 Å². The van der Waals surface area contributed by atoms with Gasteiger partial charge in [-0.3, -0.25) is 0 Å². The summed E-state index contributed by atoms with van der Waals surface area (Å²) in [4.78, 5) is 0.